The molecule has 0 saturated heterocycles. The summed E-state index contributed by atoms with van der Waals surface area (Å²) in [5, 5.41) is 7.84. The summed E-state index contributed by atoms with van der Waals surface area (Å²) in [6, 6.07) is 13.7. The minimum absolute atomic E-state index is 0.0551. The number of hydrogen-bond acceptors (Lipinski definition) is 5. The molecule has 216 valence electrons. The molecule has 1 aromatic carbocycles. The lowest BCUT2D eigenvalue weighted by Crippen LogP contribution is -2.39. The predicted octanol–water partition coefficient (Wildman–Crippen LogP) is 5.05. The van der Waals surface area contributed by atoms with Crippen molar-refractivity contribution < 1.29 is 4.79 Å². The quantitative estimate of drug-likeness (QED) is 0.275. The molecule has 1 N–H and O–H groups in total. The smallest absolute Gasteiger partial charge is 0.333 e. The number of imidazole rings is 1. The lowest BCUT2D eigenvalue weighted by atomic mass is 9.85. The predicted molar refractivity (Wildman–Crippen MR) is 163 cm³/mol. The maximum atomic E-state index is 13.8. The van der Waals surface area contributed by atoms with Gasteiger partial charge in [-0.05, 0) is 87.3 Å². The molecule has 1 fully saturated rings. The van der Waals surface area contributed by atoms with Crippen LogP contribution in [0.1, 0.15) is 53.0 Å². The lowest BCUT2D eigenvalue weighted by molar-refractivity contribution is 0.0919. The Labute approximate surface area is 249 Å². The molecule has 4 aromatic heterocycles. The molecule has 1 aliphatic carbocycles. The second-order valence-corrected chi connectivity index (χ2v) is 11.7. The molecular formula is C32H34ClN7O2. The molecule has 6 rings (SSSR count). The maximum absolute atomic E-state index is 13.8. The van der Waals surface area contributed by atoms with Crippen LogP contribution in [-0.2, 0) is 26.4 Å². The van der Waals surface area contributed by atoms with Crippen molar-refractivity contribution in [1.29, 1.82) is 0 Å². The van der Waals surface area contributed by atoms with E-state index in [2.05, 4.69) is 20.4 Å². The van der Waals surface area contributed by atoms with Gasteiger partial charge in [0.2, 0.25) is 0 Å². The van der Waals surface area contributed by atoms with Gasteiger partial charge in [0.25, 0.3) is 5.91 Å². The Hall–Kier alpha value is -4.24. The average molecular weight is 584 g/mol. The van der Waals surface area contributed by atoms with E-state index in [1.807, 2.05) is 67.3 Å². The number of benzene rings is 1. The van der Waals surface area contributed by atoms with Gasteiger partial charge in [0.15, 0.2) is 0 Å². The number of aryl methyl sites for hydroxylation is 4. The number of pyridine rings is 2. The van der Waals surface area contributed by atoms with Crippen molar-refractivity contribution in [2.45, 2.75) is 58.0 Å². The summed E-state index contributed by atoms with van der Waals surface area (Å²) >= 11 is 6.06. The van der Waals surface area contributed by atoms with Crippen LogP contribution in [-0.4, -0.2) is 40.8 Å². The van der Waals surface area contributed by atoms with Gasteiger partial charge in [0.05, 0.1) is 45.4 Å². The van der Waals surface area contributed by atoms with Gasteiger partial charge in [-0.25, -0.2) is 4.79 Å². The highest BCUT2D eigenvalue weighted by Crippen LogP contribution is 2.28. The molecule has 0 atom stereocenters. The van der Waals surface area contributed by atoms with E-state index in [9.17, 15) is 9.59 Å². The number of rotatable bonds is 8. The fraction of sp³-hybridized carbons (Fsp3) is 0.344. The fourth-order valence-electron chi connectivity index (χ4n) is 5.95. The molecule has 0 spiro atoms. The Kier molecular flexibility index (Phi) is 7.93. The van der Waals surface area contributed by atoms with Gasteiger partial charge < -0.3 is 5.32 Å². The molecule has 1 saturated carbocycles. The van der Waals surface area contributed by atoms with Gasteiger partial charge in [-0.1, -0.05) is 23.7 Å². The van der Waals surface area contributed by atoms with Crippen LogP contribution in [0.3, 0.4) is 0 Å². The molecular weight excluding hydrogens is 550 g/mol. The van der Waals surface area contributed by atoms with E-state index in [0.29, 0.717) is 28.7 Å². The fourth-order valence-corrected chi connectivity index (χ4v) is 6.11. The second-order valence-electron chi connectivity index (χ2n) is 11.2. The highest BCUT2D eigenvalue weighted by molar-refractivity contribution is 6.30. The summed E-state index contributed by atoms with van der Waals surface area (Å²) in [5.41, 5.74) is 5.83. The van der Waals surface area contributed by atoms with Crippen LogP contribution in [0.4, 0.5) is 0 Å². The first-order valence-corrected chi connectivity index (χ1v) is 14.8. The highest BCUT2D eigenvalue weighted by atomic mass is 35.5. The Morgan fingerprint density at radius 1 is 1.00 bits per heavy atom. The molecule has 0 bridgehead atoms. The third-order valence-electron chi connectivity index (χ3n) is 8.25. The molecule has 42 heavy (non-hydrogen) atoms. The number of hydrogen-bond donors (Lipinski definition) is 1. The summed E-state index contributed by atoms with van der Waals surface area (Å²) in [4.78, 5) is 35.5. The zero-order valence-electron chi connectivity index (χ0n) is 23.8. The van der Waals surface area contributed by atoms with Crippen LogP contribution in [0.15, 0.2) is 72.0 Å². The number of nitrogens with zero attached hydrogens (tertiary/aromatic N) is 6. The maximum Gasteiger partial charge on any atom is 0.333 e. The molecule has 9 nitrogen and oxygen atoms in total. The number of nitrogens with one attached hydrogen (secondary N) is 1. The normalized spacial score (nSPS) is 17.0. The first-order valence-electron chi connectivity index (χ1n) is 14.4. The van der Waals surface area contributed by atoms with Crippen molar-refractivity contribution >= 4 is 28.5 Å². The van der Waals surface area contributed by atoms with E-state index in [1.165, 1.54) is 5.56 Å². The molecule has 4 heterocycles. The molecule has 1 aliphatic rings. The number of halogens is 1. The third-order valence-corrected chi connectivity index (χ3v) is 8.46. The number of carbonyl (C=O) groups is 1. The molecule has 10 heteroatoms. The summed E-state index contributed by atoms with van der Waals surface area (Å²) < 4.78 is 5.47. The standard InChI is InChI=1S/C32H34ClN7O2/c1-21-28(15-24(33)17-34-21)31(41)37-26-11-7-22(8-12-26)20-39-29-5-3-4-6-30(29)40(32(39)42)27-14-13-25(35-18-27)10-9-23-16-36-38(2)19-23/h3-6,13-19,22,26H,7-12,20H2,1-2H3,(H,37,41). The highest BCUT2D eigenvalue weighted by Gasteiger charge is 2.25. The van der Waals surface area contributed by atoms with Crippen LogP contribution < -0.4 is 11.0 Å². The van der Waals surface area contributed by atoms with E-state index < -0.39 is 0 Å². The van der Waals surface area contributed by atoms with Crippen molar-refractivity contribution in [3.63, 3.8) is 0 Å². The first-order chi connectivity index (χ1) is 20.4. The number of amides is 1. The van der Waals surface area contributed by atoms with Crippen LogP contribution in [0.25, 0.3) is 16.7 Å². The Morgan fingerprint density at radius 2 is 1.79 bits per heavy atom. The molecule has 5 aromatic rings. The Morgan fingerprint density at radius 3 is 2.50 bits per heavy atom. The minimum atomic E-state index is -0.137. The summed E-state index contributed by atoms with van der Waals surface area (Å²) in [7, 11) is 1.91. The molecule has 1 amide bonds. The summed E-state index contributed by atoms with van der Waals surface area (Å²) in [5.74, 6) is 0.208. The largest absolute Gasteiger partial charge is 0.349 e. The summed E-state index contributed by atoms with van der Waals surface area (Å²) in [6.07, 6.45) is 12.5. The molecule has 0 radical (unpaired) electrons. The van der Waals surface area contributed by atoms with E-state index in [0.717, 1.165) is 60.9 Å². The Balaban J connectivity index is 1.14. The van der Waals surface area contributed by atoms with Gasteiger partial charge >= 0.3 is 5.69 Å². The lowest BCUT2D eigenvalue weighted by Gasteiger charge is -2.29. The SMILES string of the molecule is Cc1ncc(Cl)cc1C(=O)NC1CCC(Cn2c(=O)n(-c3ccc(CCc4cnn(C)c4)nc3)c3ccccc32)CC1. The number of para-hydroxylation sites is 2. The average Bonchev–Trinajstić information content (AvgIpc) is 3.54. The van der Waals surface area contributed by atoms with Gasteiger partial charge in [-0.2, -0.15) is 5.10 Å². The summed E-state index contributed by atoms with van der Waals surface area (Å²) in [6.45, 7) is 2.45. The van der Waals surface area contributed by atoms with Gasteiger partial charge in [0.1, 0.15) is 0 Å². The number of aromatic nitrogens is 6. The van der Waals surface area contributed by atoms with Crippen molar-refractivity contribution in [3.8, 4) is 5.69 Å². The van der Waals surface area contributed by atoms with Crippen LogP contribution in [0.5, 0.6) is 0 Å². The van der Waals surface area contributed by atoms with Crippen LogP contribution >= 0.6 is 11.6 Å². The monoisotopic (exact) mass is 583 g/mol. The van der Waals surface area contributed by atoms with E-state index >= 15 is 0 Å². The Bertz CT molecular complexity index is 1780. The number of carbonyl (C=O) groups excluding carboxylic acids is 1. The van der Waals surface area contributed by atoms with E-state index in [1.54, 1.807) is 27.7 Å². The van der Waals surface area contributed by atoms with Gasteiger partial charge in [-0.15, -0.1) is 0 Å². The molecule has 0 unspecified atom stereocenters. The topological polar surface area (TPSA) is 99.6 Å². The van der Waals surface area contributed by atoms with Crippen molar-refractivity contribution in [2.75, 3.05) is 0 Å². The third kappa shape index (κ3) is 5.87. The minimum Gasteiger partial charge on any atom is -0.349 e. The van der Waals surface area contributed by atoms with E-state index in [-0.39, 0.29) is 17.6 Å². The van der Waals surface area contributed by atoms with Crippen LogP contribution in [0, 0.1) is 12.8 Å². The van der Waals surface area contributed by atoms with Crippen molar-refractivity contribution in [2.24, 2.45) is 13.0 Å². The molecule has 0 aliphatic heterocycles. The number of fused-ring (bicyclic) bond motifs is 1. The van der Waals surface area contributed by atoms with Crippen LogP contribution in [0.2, 0.25) is 5.02 Å². The van der Waals surface area contributed by atoms with Gasteiger partial charge in [-0.3, -0.25) is 28.6 Å². The first kappa shape index (κ1) is 27.9. The zero-order valence-corrected chi connectivity index (χ0v) is 24.6. The van der Waals surface area contributed by atoms with Crippen molar-refractivity contribution in [1.82, 2.24) is 34.2 Å². The zero-order chi connectivity index (χ0) is 29.2. The van der Waals surface area contributed by atoms with Gasteiger partial charge in [0, 0.05) is 37.7 Å². The van der Waals surface area contributed by atoms with Crippen molar-refractivity contribution in [3.05, 3.63) is 105 Å². The second kappa shape index (κ2) is 11.9. The van der Waals surface area contributed by atoms with E-state index in [4.69, 9.17) is 11.6 Å².